The van der Waals surface area contributed by atoms with Gasteiger partial charge in [0.2, 0.25) is 11.8 Å². The van der Waals surface area contributed by atoms with E-state index in [1.807, 2.05) is 0 Å². The zero-order valence-corrected chi connectivity index (χ0v) is 16.4. The summed E-state index contributed by atoms with van der Waals surface area (Å²) in [6, 6.07) is 11.9. The minimum Gasteiger partial charge on any atom is -0.349 e. The molecule has 148 valence electrons. The first-order chi connectivity index (χ1) is 13.2. The lowest BCUT2D eigenvalue weighted by Crippen LogP contribution is -2.34. The summed E-state index contributed by atoms with van der Waals surface area (Å²) in [5, 5.41) is 2.84. The van der Waals surface area contributed by atoms with Gasteiger partial charge in [-0.05, 0) is 36.8 Å². The summed E-state index contributed by atoms with van der Waals surface area (Å²) in [5.74, 6) is -1.68. The molecule has 0 aliphatic carbocycles. The number of carbonyl (C=O) groups excluding carboxylic acids is 2. The summed E-state index contributed by atoms with van der Waals surface area (Å²) >= 11 is 0. The summed E-state index contributed by atoms with van der Waals surface area (Å²) in [5.41, 5.74) is 0.920. The highest BCUT2D eigenvalue weighted by Crippen LogP contribution is 2.28. The second-order valence-corrected chi connectivity index (χ2v) is 8.94. The van der Waals surface area contributed by atoms with Gasteiger partial charge in [0.1, 0.15) is 5.82 Å². The van der Waals surface area contributed by atoms with E-state index in [-0.39, 0.29) is 41.4 Å². The number of anilines is 1. The summed E-state index contributed by atoms with van der Waals surface area (Å²) in [7, 11) is -3.28. The number of nitrogens with one attached hydrogen (secondary N) is 1. The molecule has 6 nitrogen and oxygen atoms in total. The van der Waals surface area contributed by atoms with Crippen molar-refractivity contribution >= 4 is 27.3 Å². The largest absolute Gasteiger partial charge is 0.349 e. The molecule has 0 aromatic heterocycles. The maximum absolute atomic E-state index is 14.0. The molecule has 0 unspecified atom stereocenters. The van der Waals surface area contributed by atoms with Gasteiger partial charge < -0.3 is 10.2 Å². The molecule has 2 atom stereocenters. The van der Waals surface area contributed by atoms with Gasteiger partial charge in [-0.3, -0.25) is 9.59 Å². The Balaban J connectivity index is 1.66. The van der Waals surface area contributed by atoms with E-state index in [9.17, 15) is 22.4 Å². The molecule has 8 heteroatoms. The van der Waals surface area contributed by atoms with E-state index in [1.165, 1.54) is 29.2 Å². The van der Waals surface area contributed by atoms with Crippen LogP contribution >= 0.6 is 0 Å². The molecule has 28 heavy (non-hydrogen) atoms. The lowest BCUT2D eigenvalue weighted by atomic mass is 10.1. The van der Waals surface area contributed by atoms with Crippen LogP contribution in [0.2, 0.25) is 0 Å². The maximum Gasteiger partial charge on any atom is 0.227 e. The van der Waals surface area contributed by atoms with E-state index in [0.29, 0.717) is 0 Å². The molecule has 0 spiro atoms. The first-order valence-electron chi connectivity index (χ1n) is 8.82. The number of nitrogens with zero attached hydrogens (tertiary/aromatic N) is 1. The zero-order valence-electron chi connectivity index (χ0n) is 15.6. The fraction of sp³-hybridized carbons (Fsp3) is 0.300. The number of hydrogen-bond acceptors (Lipinski definition) is 4. The van der Waals surface area contributed by atoms with Crippen molar-refractivity contribution in [3.63, 3.8) is 0 Å². The van der Waals surface area contributed by atoms with Crippen molar-refractivity contribution in [2.75, 3.05) is 17.7 Å². The van der Waals surface area contributed by atoms with Crippen molar-refractivity contribution in [3.05, 3.63) is 59.9 Å². The Bertz CT molecular complexity index is 1010. The SMILES string of the molecule is C[C@H](NC(=O)[C@H]1CC(=O)N(c2ccccc2F)C1)c1ccc(S(C)(=O)=O)cc1. The smallest absolute Gasteiger partial charge is 0.227 e. The molecule has 1 saturated heterocycles. The van der Waals surface area contributed by atoms with E-state index in [1.54, 1.807) is 31.2 Å². The summed E-state index contributed by atoms with van der Waals surface area (Å²) < 4.78 is 37.0. The van der Waals surface area contributed by atoms with Crippen molar-refractivity contribution in [1.82, 2.24) is 5.32 Å². The third kappa shape index (κ3) is 4.22. The van der Waals surface area contributed by atoms with Gasteiger partial charge in [0, 0.05) is 19.2 Å². The molecule has 2 aromatic rings. The molecule has 0 radical (unpaired) electrons. The predicted octanol–water partition coefficient (Wildman–Crippen LogP) is 2.46. The van der Waals surface area contributed by atoms with Gasteiger partial charge in [-0.15, -0.1) is 0 Å². The van der Waals surface area contributed by atoms with Crippen LogP contribution in [0.4, 0.5) is 10.1 Å². The number of amides is 2. The quantitative estimate of drug-likeness (QED) is 0.830. The van der Waals surface area contributed by atoms with Crippen LogP contribution in [0.25, 0.3) is 0 Å². The Labute approximate surface area is 163 Å². The first-order valence-corrected chi connectivity index (χ1v) is 10.7. The molecular formula is C20H21FN2O4S. The monoisotopic (exact) mass is 404 g/mol. The number of hydrogen-bond donors (Lipinski definition) is 1. The highest BCUT2D eigenvalue weighted by atomic mass is 32.2. The van der Waals surface area contributed by atoms with Crippen molar-refractivity contribution < 1.29 is 22.4 Å². The Morgan fingerprint density at radius 1 is 1.18 bits per heavy atom. The normalized spacial score (nSPS) is 18.2. The zero-order chi connectivity index (χ0) is 20.5. The minimum atomic E-state index is -3.28. The average Bonchev–Trinajstić information content (AvgIpc) is 3.03. The molecule has 2 amide bonds. The maximum atomic E-state index is 14.0. The van der Waals surface area contributed by atoms with Crippen LogP contribution in [-0.2, 0) is 19.4 Å². The molecule has 0 bridgehead atoms. The highest BCUT2D eigenvalue weighted by Gasteiger charge is 2.36. The summed E-state index contributed by atoms with van der Waals surface area (Å²) in [6.07, 6.45) is 1.14. The highest BCUT2D eigenvalue weighted by molar-refractivity contribution is 7.90. The number of halogens is 1. The van der Waals surface area contributed by atoms with Crippen LogP contribution < -0.4 is 10.2 Å². The van der Waals surface area contributed by atoms with Crippen LogP contribution in [0.3, 0.4) is 0 Å². The van der Waals surface area contributed by atoms with Crippen molar-refractivity contribution in [2.45, 2.75) is 24.3 Å². The van der Waals surface area contributed by atoms with Gasteiger partial charge in [0.25, 0.3) is 0 Å². The number of carbonyl (C=O) groups is 2. The fourth-order valence-corrected chi connectivity index (χ4v) is 3.84. The van der Waals surface area contributed by atoms with E-state index in [0.717, 1.165) is 11.8 Å². The van der Waals surface area contributed by atoms with E-state index in [2.05, 4.69) is 5.32 Å². The minimum absolute atomic E-state index is 0.0138. The third-order valence-electron chi connectivity index (χ3n) is 4.81. The number of rotatable bonds is 5. The fourth-order valence-electron chi connectivity index (χ4n) is 3.20. The Hall–Kier alpha value is -2.74. The van der Waals surface area contributed by atoms with Gasteiger partial charge >= 0.3 is 0 Å². The van der Waals surface area contributed by atoms with Gasteiger partial charge in [-0.2, -0.15) is 0 Å². The van der Waals surface area contributed by atoms with Crippen molar-refractivity contribution in [3.8, 4) is 0 Å². The lowest BCUT2D eigenvalue weighted by molar-refractivity contribution is -0.126. The number of para-hydroxylation sites is 1. The van der Waals surface area contributed by atoms with Gasteiger partial charge in [-0.25, -0.2) is 12.8 Å². The lowest BCUT2D eigenvalue weighted by Gasteiger charge is -2.19. The predicted molar refractivity (Wildman–Crippen MR) is 103 cm³/mol. The molecule has 1 N–H and O–H groups in total. The number of sulfone groups is 1. The molecule has 3 rings (SSSR count). The van der Waals surface area contributed by atoms with Crippen LogP contribution in [0, 0.1) is 11.7 Å². The van der Waals surface area contributed by atoms with Gasteiger partial charge in [0.15, 0.2) is 9.84 Å². The molecule has 1 aliphatic heterocycles. The number of benzene rings is 2. The van der Waals surface area contributed by atoms with Gasteiger partial charge in [-0.1, -0.05) is 24.3 Å². The van der Waals surface area contributed by atoms with Gasteiger partial charge in [0.05, 0.1) is 22.5 Å². The molecule has 0 saturated carbocycles. The standard InChI is InChI=1S/C20H21FN2O4S/c1-13(14-7-9-16(10-8-14)28(2,26)27)22-20(25)15-11-19(24)23(12-15)18-6-4-3-5-17(18)21/h3-10,13,15H,11-12H2,1-2H3,(H,22,25)/t13-,15-/m0/s1. The second kappa shape index (κ2) is 7.71. The van der Waals surface area contributed by atoms with E-state index in [4.69, 9.17) is 0 Å². The third-order valence-corrected chi connectivity index (χ3v) is 5.93. The summed E-state index contributed by atoms with van der Waals surface area (Å²) in [4.78, 5) is 26.3. The van der Waals surface area contributed by atoms with Crippen molar-refractivity contribution in [2.24, 2.45) is 5.92 Å². The molecule has 1 aliphatic rings. The van der Waals surface area contributed by atoms with E-state index >= 15 is 0 Å². The summed E-state index contributed by atoms with van der Waals surface area (Å²) in [6.45, 7) is 1.89. The second-order valence-electron chi connectivity index (χ2n) is 6.93. The van der Waals surface area contributed by atoms with Crippen LogP contribution in [0.1, 0.15) is 24.9 Å². The average molecular weight is 404 g/mol. The molecular weight excluding hydrogens is 383 g/mol. The molecule has 1 heterocycles. The first kappa shape index (κ1) is 20.0. The Morgan fingerprint density at radius 2 is 1.82 bits per heavy atom. The Kier molecular flexibility index (Phi) is 5.51. The topological polar surface area (TPSA) is 83.6 Å². The van der Waals surface area contributed by atoms with Crippen LogP contribution in [0.15, 0.2) is 53.4 Å². The van der Waals surface area contributed by atoms with E-state index < -0.39 is 21.6 Å². The molecule has 2 aromatic carbocycles. The van der Waals surface area contributed by atoms with Crippen LogP contribution in [0.5, 0.6) is 0 Å². The van der Waals surface area contributed by atoms with Crippen LogP contribution in [-0.4, -0.2) is 33.0 Å². The Morgan fingerprint density at radius 3 is 2.43 bits per heavy atom. The molecule has 1 fully saturated rings. The van der Waals surface area contributed by atoms with Crippen molar-refractivity contribution in [1.29, 1.82) is 0 Å².